The Morgan fingerprint density at radius 1 is 1.14 bits per heavy atom. The van der Waals surface area contributed by atoms with Crippen LogP contribution in [-0.2, 0) is 11.2 Å². The van der Waals surface area contributed by atoms with E-state index in [2.05, 4.69) is 24.5 Å². The molecule has 1 atom stereocenters. The molecule has 6 heteroatoms. The summed E-state index contributed by atoms with van der Waals surface area (Å²) >= 11 is 0. The number of carboxylic acids is 1. The summed E-state index contributed by atoms with van der Waals surface area (Å²) in [6.45, 7) is 4.92. The number of benzene rings is 2. The van der Waals surface area contributed by atoms with Gasteiger partial charge in [-0.15, -0.1) is 0 Å². The average molecular weight is 391 g/mol. The molecule has 1 aromatic heterocycles. The number of aromatic nitrogens is 2. The lowest BCUT2D eigenvalue weighted by atomic mass is 10.0. The van der Waals surface area contributed by atoms with Gasteiger partial charge in [0.2, 0.25) is 5.91 Å². The number of nitrogens with zero attached hydrogens (tertiary/aromatic N) is 3. The van der Waals surface area contributed by atoms with E-state index in [1.807, 2.05) is 23.1 Å². The van der Waals surface area contributed by atoms with Gasteiger partial charge in [0, 0.05) is 12.6 Å². The standard InChI is InChI=1S/C23H25N3O3/c1-15(2)26-19-11-6-5-10-18(19)24-22(26)20-12-7-13-25(20)21(27)14-16-8-3-4-9-17(16)23(28)29/h3-6,8-11,15,20H,7,12-14H2,1-2H3,(H,28,29). The fourth-order valence-electron chi connectivity index (χ4n) is 4.32. The van der Waals surface area contributed by atoms with Crippen molar-refractivity contribution in [3.8, 4) is 0 Å². The molecule has 2 aromatic carbocycles. The third-order valence-corrected chi connectivity index (χ3v) is 5.60. The molecular formula is C23H25N3O3. The van der Waals surface area contributed by atoms with Gasteiger partial charge in [-0.1, -0.05) is 30.3 Å². The van der Waals surface area contributed by atoms with E-state index in [0.29, 0.717) is 12.1 Å². The van der Waals surface area contributed by atoms with E-state index in [1.54, 1.807) is 24.3 Å². The number of carboxylic acid groups (broad SMARTS) is 1. The quantitative estimate of drug-likeness (QED) is 0.706. The summed E-state index contributed by atoms with van der Waals surface area (Å²) < 4.78 is 2.22. The van der Waals surface area contributed by atoms with Crippen LogP contribution in [0.5, 0.6) is 0 Å². The molecule has 3 aromatic rings. The highest BCUT2D eigenvalue weighted by Crippen LogP contribution is 2.35. The van der Waals surface area contributed by atoms with E-state index in [1.165, 1.54) is 0 Å². The van der Waals surface area contributed by atoms with Crippen molar-refractivity contribution in [2.45, 2.75) is 45.2 Å². The maximum Gasteiger partial charge on any atom is 0.335 e. The second-order valence-electron chi connectivity index (χ2n) is 7.81. The zero-order valence-corrected chi connectivity index (χ0v) is 16.7. The highest BCUT2D eigenvalue weighted by Gasteiger charge is 2.34. The third kappa shape index (κ3) is 3.50. The van der Waals surface area contributed by atoms with Crippen LogP contribution >= 0.6 is 0 Å². The molecule has 1 aliphatic rings. The van der Waals surface area contributed by atoms with Gasteiger partial charge in [-0.25, -0.2) is 9.78 Å². The van der Waals surface area contributed by atoms with Crippen LogP contribution in [0.1, 0.15) is 60.5 Å². The van der Waals surface area contributed by atoms with Gasteiger partial charge in [0.05, 0.1) is 29.1 Å². The van der Waals surface area contributed by atoms with Crippen LogP contribution in [0, 0.1) is 0 Å². The Hall–Kier alpha value is -3.15. The minimum atomic E-state index is -1.01. The smallest absolute Gasteiger partial charge is 0.335 e. The number of aromatic carboxylic acids is 1. The molecule has 0 spiro atoms. The van der Waals surface area contributed by atoms with Gasteiger partial charge in [0.15, 0.2) is 0 Å². The van der Waals surface area contributed by atoms with Gasteiger partial charge in [0.1, 0.15) is 5.82 Å². The number of carbonyl (C=O) groups is 2. The summed E-state index contributed by atoms with van der Waals surface area (Å²) in [6.07, 6.45) is 1.86. The fourth-order valence-corrected chi connectivity index (χ4v) is 4.32. The van der Waals surface area contributed by atoms with E-state index in [0.717, 1.165) is 29.7 Å². The molecule has 0 aliphatic carbocycles. The van der Waals surface area contributed by atoms with E-state index in [9.17, 15) is 14.7 Å². The topological polar surface area (TPSA) is 75.4 Å². The Morgan fingerprint density at radius 3 is 2.62 bits per heavy atom. The summed E-state index contributed by atoms with van der Waals surface area (Å²) in [5.41, 5.74) is 2.75. The summed E-state index contributed by atoms with van der Waals surface area (Å²) in [4.78, 5) is 31.4. The number of hydrogen-bond acceptors (Lipinski definition) is 3. The van der Waals surface area contributed by atoms with Crippen LogP contribution in [0.3, 0.4) is 0 Å². The predicted molar refractivity (Wildman–Crippen MR) is 111 cm³/mol. The van der Waals surface area contributed by atoms with Crippen LogP contribution in [0.15, 0.2) is 48.5 Å². The maximum atomic E-state index is 13.2. The van der Waals surface area contributed by atoms with Crippen LogP contribution in [0.25, 0.3) is 11.0 Å². The van der Waals surface area contributed by atoms with Crippen molar-refractivity contribution >= 4 is 22.9 Å². The van der Waals surface area contributed by atoms with Crippen molar-refractivity contribution in [3.63, 3.8) is 0 Å². The lowest BCUT2D eigenvalue weighted by molar-refractivity contribution is -0.131. The molecule has 150 valence electrons. The largest absolute Gasteiger partial charge is 0.478 e. The third-order valence-electron chi connectivity index (χ3n) is 5.60. The summed E-state index contributed by atoms with van der Waals surface area (Å²) in [5.74, 6) is -0.143. The van der Waals surface area contributed by atoms with Crippen molar-refractivity contribution in [2.24, 2.45) is 0 Å². The number of hydrogen-bond donors (Lipinski definition) is 1. The lowest BCUT2D eigenvalue weighted by Crippen LogP contribution is -2.33. The number of amides is 1. The van der Waals surface area contributed by atoms with E-state index < -0.39 is 5.97 Å². The van der Waals surface area contributed by atoms with E-state index in [-0.39, 0.29) is 30.0 Å². The molecular weight excluding hydrogens is 366 g/mol. The summed E-state index contributed by atoms with van der Waals surface area (Å²) in [5, 5.41) is 9.41. The number of likely N-dealkylation sites (tertiary alicyclic amines) is 1. The molecule has 0 saturated carbocycles. The summed E-state index contributed by atoms with van der Waals surface area (Å²) in [7, 11) is 0. The van der Waals surface area contributed by atoms with Gasteiger partial charge >= 0.3 is 5.97 Å². The Kier molecular flexibility index (Phi) is 5.09. The number of imidazole rings is 1. The number of rotatable bonds is 5. The van der Waals surface area contributed by atoms with Crippen LogP contribution in [0.4, 0.5) is 0 Å². The first-order valence-corrected chi connectivity index (χ1v) is 10.0. The van der Waals surface area contributed by atoms with Gasteiger partial charge in [-0.3, -0.25) is 4.79 Å². The molecule has 1 unspecified atom stereocenters. The Labute approximate surface area is 169 Å². The molecule has 4 rings (SSSR count). The molecule has 1 amide bonds. The molecule has 0 radical (unpaired) electrons. The van der Waals surface area contributed by atoms with Crippen molar-refractivity contribution in [1.82, 2.24) is 14.5 Å². The molecule has 1 fully saturated rings. The van der Waals surface area contributed by atoms with Crippen molar-refractivity contribution < 1.29 is 14.7 Å². The van der Waals surface area contributed by atoms with Crippen LogP contribution in [0.2, 0.25) is 0 Å². The number of fused-ring (bicyclic) bond motifs is 1. The van der Waals surface area contributed by atoms with E-state index >= 15 is 0 Å². The van der Waals surface area contributed by atoms with Crippen molar-refractivity contribution in [3.05, 3.63) is 65.5 Å². The SMILES string of the molecule is CC(C)n1c(C2CCCN2C(=O)Cc2ccccc2C(=O)O)nc2ccccc21. The van der Waals surface area contributed by atoms with Gasteiger partial charge in [0.25, 0.3) is 0 Å². The zero-order valence-electron chi connectivity index (χ0n) is 16.7. The summed E-state index contributed by atoms with van der Waals surface area (Å²) in [6, 6.07) is 14.9. The average Bonchev–Trinajstić information content (AvgIpc) is 3.32. The normalized spacial score (nSPS) is 16.7. The van der Waals surface area contributed by atoms with Gasteiger partial charge < -0.3 is 14.6 Å². The Morgan fingerprint density at radius 2 is 1.86 bits per heavy atom. The molecule has 6 nitrogen and oxygen atoms in total. The molecule has 1 aliphatic heterocycles. The van der Waals surface area contributed by atoms with Gasteiger partial charge in [-0.05, 0) is 50.5 Å². The molecule has 2 heterocycles. The first kappa shape index (κ1) is 19.2. The first-order valence-electron chi connectivity index (χ1n) is 10.0. The molecule has 1 N–H and O–H groups in total. The monoisotopic (exact) mass is 391 g/mol. The van der Waals surface area contributed by atoms with Crippen LogP contribution in [-0.4, -0.2) is 38.0 Å². The molecule has 1 saturated heterocycles. The first-order chi connectivity index (χ1) is 14.0. The predicted octanol–water partition coefficient (Wildman–Crippen LogP) is 4.22. The second-order valence-corrected chi connectivity index (χ2v) is 7.81. The maximum absolute atomic E-state index is 13.2. The van der Waals surface area contributed by atoms with Crippen LogP contribution < -0.4 is 0 Å². The zero-order chi connectivity index (χ0) is 20.5. The Balaban J connectivity index is 1.67. The minimum absolute atomic E-state index is 0.0523. The fraction of sp³-hybridized carbons (Fsp3) is 0.348. The molecule has 29 heavy (non-hydrogen) atoms. The second kappa shape index (κ2) is 7.70. The van der Waals surface area contributed by atoms with Crippen molar-refractivity contribution in [2.75, 3.05) is 6.54 Å². The highest BCUT2D eigenvalue weighted by molar-refractivity contribution is 5.91. The lowest BCUT2D eigenvalue weighted by Gasteiger charge is -2.26. The number of carbonyl (C=O) groups excluding carboxylic acids is 1. The minimum Gasteiger partial charge on any atom is -0.478 e. The molecule has 0 bridgehead atoms. The highest BCUT2D eigenvalue weighted by atomic mass is 16.4. The number of para-hydroxylation sites is 2. The van der Waals surface area contributed by atoms with Gasteiger partial charge in [-0.2, -0.15) is 0 Å². The van der Waals surface area contributed by atoms with Crippen molar-refractivity contribution in [1.29, 1.82) is 0 Å². The Bertz CT molecular complexity index is 1070. The van der Waals surface area contributed by atoms with E-state index in [4.69, 9.17) is 4.98 Å².